The van der Waals surface area contributed by atoms with Gasteiger partial charge in [-0.25, -0.2) is 0 Å². The summed E-state index contributed by atoms with van der Waals surface area (Å²) in [6.45, 7) is 1.78. The molecule has 2 aromatic carbocycles. The topological polar surface area (TPSA) is 99.3 Å². The number of thiocarbonyl (C=S) groups is 1. The number of hydrazine groups is 1. The summed E-state index contributed by atoms with van der Waals surface area (Å²) in [4.78, 5) is 35.9. The molecule has 0 saturated heterocycles. The minimum absolute atomic E-state index is 0.0406. The Labute approximate surface area is 183 Å². The second kappa shape index (κ2) is 10.8. The maximum absolute atomic E-state index is 12.0. The van der Waals surface area contributed by atoms with E-state index in [4.69, 9.17) is 35.4 Å². The minimum Gasteiger partial charge on any atom is -0.326 e. The van der Waals surface area contributed by atoms with Crippen LogP contribution in [0.3, 0.4) is 0 Å². The van der Waals surface area contributed by atoms with Crippen molar-refractivity contribution in [1.82, 2.24) is 16.2 Å². The molecule has 2 aromatic rings. The molecule has 29 heavy (non-hydrogen) atoms. The van der Waals surface area contributed by atoms with Crippen molar-refractivity contribution in [3.05, 3.63) is 63.6 Å². The van der Waals surface area contributed by atoms with Gasteiger partial charge in [-0.1, -0.05) is 35.3 Å². The monoisotopic (exact) mass is 452 g/mol. The summed E-state index contributed by atoms with van der Waals surface area (Å²) in [6, 6.07) is 11.5. The number of carbonyl (C=O) groups excluding carboxylic acids is 3. The number of amides is 3. The van der Waals surface area contributed by atoms with E-state index in [1.807, 2.05) is 0 Å². The number of hydrogen-bond acceptors (Lipinski definition) is 4. The Balaban J connectivity index is 1.72. The van der Waals surface area contributed by atoms with Crippen LogP contribution in [0.2, 0.25) is 10.0 Å². The zero-order valence-corrected chi connectivity index (χ0v) is 17.7. The van der Waals surface area contributed by atoms with Crippen LogP contribution in [-0.4, -0.2) is 22.8 Å². The summed E-state index contributed by atoms with van der Waals surface area (Å²) in [5.41, 5.74) is 6.38. The Kier molecular flexibility index (Phi) is 8.38. The molecule has 0 fully saturated rings. The molecule has 0 heterocycles. The Morgan fingerprint density at radius 2 is 1.66 bits per heavy atom. The maximum atomic E-state index is 12.0. The first-order valence-electron chi connectivity index (χ1n) is 8.47. The minimum atomic E-state index is -0.476. The van der Waals surface area contributed by atoms with Gasteiger partial charge in [0, 0.05) is 34.1 Å². The number of benzene rings is 2. The van der Waals surface area contributed by atoms with Crippen molar-refractivity contribution >= 4 is 63.9 Å². The molecule has 2 rings (SSSR count). The molecule has 4 N–H and O–H groups in total. The molecular formula is C19H18Cl2N4O3S. The maximum Gasteiger partial charge on any atom is 0.257 e. The molecule has 0 aliphatic heterocycles. The lowest BCUT2D eigenvalue weighted by molar-refractivity contribution is -0.124. The highest BCUT2D eigenvalue weighted by Gasteiger charge is 2.11. The molecule has 0 bridgehead atoms. The van der Waals surface area contributed by atoms with Gasteiger partial charge in [-0.15, -0.1) is 0 Å². The van der Waals surface area contributed by atoms with Gasteiger partial charge in [0.2, 0.25) is 11.8 Å². The van der Waals surface area contributed by atoms with E-state index in [9.17, 15) is 14.4 Å². The van der Waals surface area contributed by atoms with E-state index in [0.29, 0.717) is 21.3 Å². The normalized spacial score (nSPS) is 10.0. The van der Waals surface area contributed by atoms with Crippen molar-refractivity contribution < 1.29 is 14.4 Å². The second-order valence-electron chi connectivity index (χ2n) is 5.93. The summed E-state index contributed by atoms with van der Waals surface area (Å²) in [6.07, 6.45) is -0.121. The molecule has 0 atom stereocenters. The Morgan fingerprint density at radius 1 is 0.966 bits per heavy atom. The lowest BCUT2D eigenvalue weighted by atomic mass is 10.2. The fourth-order valence-electron chi connectivity index (χ4n) is 2.21. The van der Waals surface area contributed by atoms with E-state index in [2.05, 4.69) is 21.5 Å². The van der Waals surface area contributed by atoms with Crippen LogP contribution in [0.15, 0.2) is 42.5 Å². The Hall–Kier alpha value is -2.68. The largest absolute Gasteiger partial charge is 0.326 e. The molecule has 0 aliphatic rings. The molecule has 0 saturated carbocycles. The number of hydrogen-bond donors (Lipinski definition) is 4. The number of nitrogens with one attached hydrogen (secondary N) is 4. The molecule has 10 heteroatoms. The van der Waals surface area contributed by atoms with E-state index in [1.54, 1.807) is 43.3 Å². The molecule has 0 aliphatic carbocycles. The van der Waals surface area contributed by atoms with Crippen LogP contribution in [0.4, 0.5) is 5.69 Å². The highest BCUT2D eigenvalue weighted by Crippen LogP contribution is 2.23. The average Bonchev–Trinajstić information content (AvgIpc) is 2.68. The van der Waals surface area contributed by atoms with Crippen molar-refractivity contribution in [1.29, 1.82) is 0 Å². The third kappa shape index (κ3) is 7.34. The Morgan fingerprint density at radius 3 is 2.38 bits per heavy atom. The van der Waals surface area contributed by atoms with Gasteiger partial charge in [0.15, 0.2) is 5.11 Å². The van der Waals surface area contributed by atoms with Crippen molar-refractivity contribution in [2.75, 3.05) is 5.32 Å². The number of halogens is 2. The van der Waals surface area contributed by atoms with Crippen LogP contribution in [0, 0.1) is 6.92 Å². The fourth-order valence-corrected chi connectivity index (χ4v) is 2.72. The summed E-state index contributed by atoms with van der Waals surface area (Å²) in [5, 5.41) is 5.96. The predicted octanol–water partition coefficient (Wildman–Crippen LogP) is 3.36. The number of rotatable bonds is 5. The molecule has 0 spiro atoms. The third-order valence-electron chi connectivity index (χ3n) is 3.75. The first-order chi connectivity index (χ1) is 13.8. The van der Waals surface area contributed by atoms with Crippen molar-refractivity contribution in [3.8, 4) is 0 Å². The molecule has 152 valence electrons. The lowest BCUT2D eigenvalue weighted by Gasteiger charge is -2.11. The fraction of sp³-hybridized carbons (Fsp3) is 0.158. The second-order valence-corrected chi connectivity index (χ2v) is 7.18. The van der Waals surface area contributed by atoms with Gasteiger partial charge in [-0.3, -0.25) is 30.6 Å². The highest BCUT2D eigenvalue weighted by molar-refractivity contribution is 7.80. The van der Waals surface area contributed by atoms with Gasteiger partial charge in [0.25, 0.3) is 5.91 Å². The van der Waals surface area contributed by atoms with Crippen molar-refractivity contribution in [2.24, 2.45) is 0 Å². The number of carbonyl (C=O) groups is 3. The van der Waals surface area contributed by atoms with Gasteiger partial charge in [0.1, 0.15) is 0 Å². The zero-order valence-electron chi connectivity index (χ0n) is 15.3. The molecular weight excluding hydrogens is 435 g/mol. The van der Waals surface area contributed by atoms with E-state index < -0.39 is 11.8 Å². The summed E-state index contributed by atoms with van der Waals surface area (Å²) >= 11 is 16.8. The molecule has 0 radical (unpaired) electrons. The molecule has 0 aromatic heterocycles. The van der Waals surface area contributed by atoms with Crippen LogP contribution in [0.25, 0.3) is 0 Å². The number of anilines is 1. The standard InChI is InChI=1S/C19H18Cl2N4O3S/c1-11-14(21)6-3-7-15(11)22-16(26)8-9-17(27)24-25-19(29)23-18(28)12-4-2-5-13(20)10-12/h2-7,10H,8-9H2,1H3,(H,22,26)(H,24,27)(H2,23,25,28,29). The lowest BCUT2D eigenvalue weighted by Crippen LogP contribution is -2.48. The quantitative estimate of drug-likeness (QED) is 0.411. The summed E-state index contributed by atoms with van der Waals surface area (Å²) in [7, 11) is 0. The molecule has 3 amide bonds. The van der Waals surface area contributed by atoms with Crippen molar-refractivity contribution in [3.63, 3.8) is 0 Å². The first-order valence-corrected chi connectivity index (χ1v) is 9.63. The molecule has 0 unspecified atom stereocenters. The average molecular weight is 453 g/mol. The molecule has 7 nitrogen and oxygen atoms in total. The first kappa shape index (κ1) is 22.6. The Bertz CT molecular complexity index is 953. The summed E-state index contributed by atoms with van der Waals surface area (Å²) in [5.74, 6) is -1.28. The van der Waals surface area contributed by atoms with E-state index in [0.717, 1.165) is 5.56 Å². The van der Waals surface area contributed by atoms with Gasteiger partial charge in [-0.2, -0.15) is 0 Å². The zero-order chi connectivity index (χ0) is 21.4. The van der Waals surface area contributed by atoms with E-state index in [1.165, 1.54) is 6.07 Å². The van der Waals surface area contributed by atoms with Crippen molar-refractivity contribution in [2.45, 2.75) is 19.8 Å². The van der Waals surface area contributed by atoms with Crippen LogP contribution >= 0.6 is 35.4 Å². The van der Waals surface area contributed by atoms with E-state index in [-0.39, 0.29) is 23.9 Å². The van der Waals surface area contributed by atoms with Gasteiger partial charge in [0.05, 0.1) is 0 Å². The summed E-state index contributed by atoms with van der Waals surface area (Å²) < 4.78 is 0. The van der Waals surface area contributed by atoms with Crippen LogP contribution in [-0.2, 0) is 9.59 Å². The van der Waals surface area contributed by atoms with E-state index >= 15 is 0 Å². The van der Waals surface area contributed by atoms with Gasteiger partial charge < -0.3 is 5.32 Å². The smallest absolute Gasteiger partial charge is 0.257 e. The third-order valence-corrected chi connectivity index (χ3v) is 4.60. The predicted molar refractivity (Wildman–Crippen MR) is 117 cm³/mol. The highest BCUT2D eigenvalue weighted by atomic mass is 35.5. The van der Waals surface area contributed by atoms with Gasteiger partial charge in [-0.05, 0) is 55.0 Å². The van der Waals surface area contributed by atoms with Gasteiger partial charge >= 0.3 is 0 Å². The van der Waals surface area contributed by atoms with Crippen LogP contribution in [0.5, 0.6) is 0 Å². The van der Waals surface area contributed by atoms with Crippen LogP contribution in [0.1, 0.15) is 28.8 Å². The van der Waals surface area contributed by atoms with Crippen LogP contribution < -0.4 is 21.5 Å². The SMILES string of the molecule is Cc1c(Cl)cccc1NC(=O)CCC(=O)NNC(=S)NC(=O)c1cccc(Cl)c1.